The van der Waals surface area contributed by atoms with E-state index in [1.807, 2.05) is 12.1 Å². The fourth-order valence-electron chi connectivity index (χ4n) is 3.60. The van der Waals surface area contributed by atoms with Crippen LogP contribution in [0.1, 0.15) is 25.2 Å². The molecule has 2 amide bonds. The molecule has 1 aromatic heterocycles. The van der Waals surface area contributed by atoms with Gasteiger partial charge in [-0.15, -0.1) is 0 Å². The van der Waals surface area contributed by atoms with E-state index in [4.69, 9.17) is 20.9 Å². The highest BCUT2D eigenvalue weighted by Crippen LogP contribution is 2.19. The molecule has 0 spiro atoms. The maximum absolute atomic E-state index is 12.5. The van der Waals surface area contributed by atoms with E-state index in [0.29, 0.717) is 62.4 Å². The van der Waals surface area contributed by atoms with Gasteiger partial charge in [0.2, 0.25) is 17.6 Å². The van der Waals surface area contributed by atoms with Crippen LogP contribution >= 0.6 is 11.6 Å². The second-order valence-electron chi connectivity index (χ2n) is 7.23. The summed E-state index contributed by atoms with van der Waals surface area (Å²) in [6, 6.07) is 7.17. The minimum atomic E-state index is -0.301. The molecule has 8 nitrogen and oxygen atoms in total. The fraction of sp³-hybridized carbons (Fsp3) is 0.500. The van der Waals surface area contributed by atoms with Crippen LogP contribution in [0.2, 0.25) is 5.02 Å². The molecule has 2 aliphatic rings. The number of hydrogen-bond acceptors (Lipinski definition) is 6. The third-order valence-electron chi connectivity index (χ3n) is 5.27. The number of piperazine rings is 1. The minimum Gasteiger partial charge on any atom is -0.368 e. The number of halogens is 1. The Balaban J connectivity index is 1.24. The average Bonchev–Trinajstić information content (AvgIpc) is 3.44. The van der Waals surface area contributed by atoms with Gasteiger partial charge in [0.25, 0.3) is 5.91 Å². The molecule has 2 saturated heterocycles. The summed E-state index contributed by atoms with van der Waals surface area (Å²) in [5.74, 6) is 0.983. The Bertz CT molecular complexity index is 856. The molecule has 9 heteroatoms. The summed E-state index contributed by atoms with van der Waals surface area (Å²) in [6.07, 6.45) is 2.10. The van der Waals surface area contributed by atoms with Gasteiger partial charge in [0.05, 0.1) is 0 Å². The summed E-state index contributed by atoms with van der Waals surface area (Å²) in [5.41, 5.74) is 0.808. The van der Waals surface area contributed by atoms with Gasteiger partial charge in [-0.1, -0.05) is 16.8 Å². The second kappa shape index (κ2) is 8.92. The lowest BCUT2D eigenvalue weighted by Crippen LogP contribution is -2.52. The molecule has 0 bridgehead atoms. The van der Waals surface area contributed by atoms with Crippen LogP contribution in [-0.4, -0.2) is 70.6 Å². The molecule has 1 aromatic carbocycles. The molecule has 4 rings (SSSR count). The smallest absolute Gasteiger partial charge is 0.251 e. The first kappa shape index (κ1) is 19.8. The number of carbonyl (C=O) groups excluding carboxylic acids is 2. The first-order valence-electron chi connectivity index (χ1n) is 9.87. The van der Waals surface area contributed by atoms with Crippen molar-refractivity contribution in [1.82, 2.24) is 19.9 Å². The van der Waals surface area contributed by atoms with Crippen LogP contribution in [0.3, 0.4) is 0 Å². The first-order chi connectivity index (χ1) is 14.1. The number of amides is 2. The highest BCUT2D eigenvalue weighted by molar-refractivity contribution is 6.30. The normalized spacial score (nSPS) is 19.6. The predicted octanol–water partition coefficient (Wildman–Crippen LogP) is 2.17. The summed E-state index contributed by atoms with van der Waals surface area (Å²) in [4.78, 5) is 32.8. The molecular formula is C20H23ClN4O4. The quantitative estimate of drug-likeness (QED) is 0.739. The number of rotatable bonds is 5. The predicted molar refractivity (Wildman–Crippen MR) is 105 cm³/mol. The van der Waals surface area contributed by atoms with Crippen molar-refractivity contribution in [1.29, 1.82) is 0 Å². The van der Waals surface area contributed by atoms with Crippen LogP contribution < -0.4 is 0 Å². The van der Waals surface area contributed by atoms with Crippen molar-refractivity contribution >= 4 is 23.4 Å². The SMILES string of the molecule is O=C(CCc1nc(-c2ccc(Cl)cc2)no1)N1CCN(C(=O)C2CCCO2)CC1. The van der Waals surface area contributed by atoms with E-state index in [1.165, 1.54) is 0 Å². The molecule has 2 aromatic rings. The van der Waals surface area contributed by atoms with Gasteiger partial charge in [-0.25, -0.2) is 0 Å². The number of aromatic nitrogens is 2. The number of nitrogens with zero attached hydrogens (tertiary/aromatic N) is 4. The molecule has 1 unspecified atom stereocenters. The molecule has 0 saturated carbocycles. The van der Waals surface area contributed by atoms with Crippen LogP contribution in [-0.2, 0) is 20.7 Å². The maximum Gasteiger partial charge on any atom is 0.251 e. The largest absolute Gasteiger partial charge is 0.368 e. The van der Waals surface area contributed by atoms with E-state index in [0.717, 1.165) is 18.4 Å². The number of benzene rings is 1. The van der Waals surface area contributed by atoms with Gasteiger partial charge in [0, 0.05) is 56.2 Å². The second-order valence-corrected chi connectivity index (χ2v) is 7.66. The zero-order chi connectivity index (χ0) is 20.2. The Labute approximate surface area is 173 Å². The van der Waals surface area contributed by atoms with E-state index >= 15 is 0 Å². The van der Waals surface area contributed by atoms with E-state index in [9.17, 15) is 9.59 Å². The first-order valence-corrected chi connectivity index (χ1v) is 10.2. The van der Waals surface area contributed by atoms with Gasteiger partial charge in [0.1, 0.15) is 6.10 Å². The Morgan fingerprint density at radius 2 is 1.83 bits per heavy atom. The third-order valence-corrected chi connectivity index (χ3v) is 5.52. The molecule has 0 aliphatic carbocycles. The molecule has 3 heterocycles. The Kier molecular flexibility index (Phi) is 6.10. The van der Waals surface area contributed by atoms with Crippen molar-refractivity contribution in [3.63, 3.8) is 0 Å². The lowest BCUT2D eigenvalue weighted by Gasteiger charge is -2.35. The highest BCUT2D eigenvalue weighted by atomic mass is 35.5. The lowest BCUT2D eigenvalue weighted by molar-refractivity contribution is -0.146. The fourth-order valence-corrected chi connectivity index (χ4v) is 3.72. The van der Waals surface area contributed by atoms with E-state index in [-0.39, 0.29) is 17.9 Å². The van der Waals surface area contributed by atoms with Crippen molar-refractivity contribution in [3.05, 3.63) is 35.2 Å². The van der Waals surface area contributed by atoms with Crippen molar-refractivity contribution in [2.24, 2.45) is 0 Å². The Morgan fingerprint density at radius 3 is 2.52 bits per heavy atom. The monoisotopic (exact) mass is 418 g/mol. The molecule has 0 radical (unpaired) electrons. The molecule has 154 valence electrons. The summed E-state index contributed by atoms with van der Waals surface area (Å²) < 4.78 is 10.7. The third kappa shape index (κ3) is 4.76. The van der Waals surface area contributed by atoms with E-state index < -0.39 is 0 Å². The Morgan fingerprint density at radius 1 is 1.10 bits per heavy atom. The van der Waals surface area contributed by atoms with Crippen LogP contribution in [0.25, 0.3) is 11.4 Å². The van der Waals surface area contributed by atoms with Crippen molar-refractivity contribution in [3.8, 4) is 11.4 Å². The van der Waals surface area contributed by atoms with Crippen LogP contribution in [0, 0.1) is 0 Å². The highest BCUT2D eigenvalue weighted by Gasteiger charge is 2.31. The maximum atomic E-state index is 12.5. The summed E-state index contributed by atoms with van der Waals surface area (Å²) in [7, 11) is 0. The van der Waals surface area contributed by atoms with E-state index in [1.54, 1.807) is 21.9 Å². The zero-order valence-electron chi connectivity index (χ0n) is 16.1. The summed E-state index contributed by atoms with van der Waals surface area (Å²) in [5, 5.41) is 4.60. The van der Waals surface area contributed by atoms with Crippen molar-refractivity contribution in [2.75, 3.05) is 32.8 Å². The number of ether oxygens (including phenoxy) is 1. The number of aryl methyl sites for hydroxylation is 1. The molecule has 0 N–H and O–H groups in total. The topological polar surface area (TPSA) is 88.8 Å². The number of carbonyl (C=O) groups is 2. The minimum absolute atomic E-state index is 0.0282. The summed E-state index contributed by atoms with van der Waals surface area (Å²) in [6.45, 7) is 2.83. The van der Waals surface area contributed by atoms with E-state index in [2.05, 4.69) is 10.1 Å². The van der Waals surface area contributed by atoms with Crippen LogP contribution in [0.5, 0.6) is 0 Å². The lowest BCUT2D eigenvalue weighted by atomic mass is 10.2. The number of hydrogen-bond donors (Lipinski definition) is 0. The Hall–Kier alpha value is -2.45. The van der Waals surface area contributed by atoms with Gasteiger partial charge < -0.3 is 19.1 Å². The molecule has 29 heavy (non-hydrogen) atoms. The van der Waals surface area contributed by atoms with Gasteiger partial charge in [0.15, 0.2) is 0 Å². The molecular weight excluding hydrogens is 396 g/mol. The molecule has 2 aliphatic heterocycles. The summed E-state index contributed by atoms with van der Waals surface area (Å²) >= 11 is 5.89. The standard InChI is InChI=1S/C20H23ClN4O4/c21-15-5-3-14(4-6-15)19-22-17(29-23-19)7-8-18(26)24-9-11-25(12-10-24)20(27)16-2-1-13-28-16/h3-6,16H,1-2,7-13H2. The van der Waals surface area contributed by atoms with Crippen molar-refractivity contribution in [2.45, 2.75) is 31.8 Å². The van der Waals surface area contributed by atoms with Gasteiger partial charge in [-0.05, 0) is 37.1 Å². The van der Waals surface area contributed by atoms with Crippen molar-refractivity contribution < 1.29 is 18.8 Å². The molecule has 2 fully saturated rings. The average molecular weight is 419 g/mol. The zero-order valence-corrected chi connectivity index (χ0v) is 16.8. The van der Waals surface area contributed by atoms with Gasteiger partial charge >= 0.3 is 0 Å². The molecule has 1 atom stereocenters. The van der Waals surface area contributed by atoms with Crippen LogP contribution in [0.4, 0.5) is 0 Å². The van der Waals surface area contributed by atoms with Crippen LogP contribution in [0.15, 0.2) is 28.8 Å². The van der Waals surface area contributed by atoms with Gasteiger partial charge in [-0.3, -0.25) is 9.59 Å². The van der Waals surface area contributed by atoms with Gasteiger partial charge in [-0.2, -0.15) is 4.98 Å².